The zero-order valence-electron chi connectivity index (χ0n) is 11.2. The van der Waals surface area contributed by atoms with E-state index in [9.17, 15) is 14.9 Å². The zero-order valence-corrected chi connectivity index (χ0v) is 11.2. The lowest BCUT2D eigenvalue weighted by molar-refractivity contribution is -0.389. The summed E-state index contributed by atoms with van der Waals surface area (Å²) in [5, 5.41) is 18.9. The molecule has 106 valence electrons. The van der Waals surface area contributed by atoms with E-state index in [0.717, 1.165) is 32.1 Å². The topological polar surface area (TPSA) is 104 Å². The Morgan fingerprint density at radius 1 is 1.53 bits per heavy atom. The molecule has 8 heteroatoms. The van der Waals surface area contributed by atoms with E-state index in [1.54, 1.807) is 0 Å². The molecule has 0 radical (unpaired) electrons. The molecule has 0 fully saturated rings. The first-order chi connectivity index (χ1) is 9.08. The van der Waals surface area contributed by atoms with Crippen molar-refractivity contribution >= 4 is 11.7 Å². The van der Waals surface area contributed by atoms with E-state index < -0.39 is 10.8 Å². The SMILES string of the molecule is CCN(CC)CCCNC(=O)c1cc([N+](=O)[O-])[nH]n1. The Bertz CT molecular complexity index is 428. The molecule has 1 aromatic rings. The van der Waals surface area contributed by atoms with Gasteiger partial charge in [-0.05, 0) is 31.0 Å². The molecule has 0 bridgehead atoms. The highest BCUT2D eigenvalue weighted by Gasteiger charge is 2.15. The van der Waals surface area contributed by atoms with Crippen LogP contribution < -0.4 is 5.32 Å². The van der Waals surface area contributed by atoms with Crippen LogP contribution in [0.5, 0.6) is 0 Å². The van der Waals surface area contributed by atoms with E-state index in [2.05, 4.69) is 34.3 Å². The normalized spacial score (nSPS) is 10.7. The highest BCUT2D eigenvalue weighted by molar-refractivity contribution is 5.92. The molecular weight excluding hydrogens is 250 g/mol. The van der Waals surface area contributed by atoms with E-state index in [0.29, 0.717) is 6.54 Å². The number of nitrogens with one attached hydrogen (secondary N) is 2. The van der Waals surface area contributed by atoms with Gasteiger partial charge in [-0.1, -0.05) is 18.9 Å². The van der Waals surface area contributed by atoms with E-state index in [1.165, 1.54) is 0 Å². The van der Waals surface area contributed by atoms with Gasteiger partial charge in [-0.25, -0.2) is 0 Å². The smallest absolute Gasteiger partial charge is 0.343 e. The van der Waals surface area contributed by atoms with Crippen molar-refractivity contribution in [2.24, 2.45) is 0 Å². The van der Waals surface area contributed by atoms with Crippen molar-refractivity contribution < 1.29 is 9.72 Å². The van der Waals surface area contributed by atoms with Crippen LogP contribution in [-0.4, -0.2) is 52.1 Å². The number of H-pyrrole nitrogens is 1. The number of amides is 1. The minimum atomic E-state index is -0.621. The molecule has 1 heterocycles. The zero-order chi connectivity index (χ0) is 14.3. The third kappa shape index (κ3) is 4.66. The molecule has 1 amide bonds. The maximum absolute atomic E-state index is 11.6. The van der Waals surface area contributed by atoms with Crippen LogP contribution >= 0.6 is 0 Å². The molecule has 0 saturated carbocycles. The van der Waals surface area contributed by atoms with Gasteiger partial charge in [0, 0.05) is 6.54 Å². The molecule has 0 aliphatic heterocycles. The molecule has 1 aromatic heterocycles. The van der Waals surface area contributed by atoms with Crippen LogP contribution in [0.25, 0.3) is 0 Å². The van der Waals surface area contributed by atoms with Gasteiger partial charge in [0.1, 0.15) is 0 Å². The summed E-state index contributed by atoms with van der Waals surface area (Å²) in [6.45, 7) is 7.58. The standard InChI is InChI=1S/C11H19N5O3/c1-3-15(4-2)7-5-6-12-11(17)9-8-10(14-13-9)16(18)19/h8H,3-7H2,1-2H3,(H,12,17)(H,13,14). The van der Waals surface area contributed by atoms with Crippen LogP contribution in [0.15, 0.2) is 6.07 Å². The minimum absolute atomic E-state index is 0.0366. The summed E-state index contributed by atoms with van der Waals surface area (Å²) in [6, 6.07) is 1.12. The number of aromatic amines is 1. The number of aromatic nitrogens is 2. The van der Waals surface area contributed by atoms with Crippen molar-refractivity contribution in [3.05, 3.63) is 21.9 Å². The molecule has 0 unspecified atom stereocenters. The van der Waals surface area contributed by atoms with Crippen LogP contribution in [0.4, 0.5) is 5.82 Å². The van der Waals surface area contributed by atoms with E-state index >= 15 is 0 Å². The first kappa shape index (κ1) is 15.1. The first-order valence-corrected chi connectivity index (χ1v) is 6.28. The second-order valence-electron chi connectivity index (χ2n) is 4.03. The predicted molar refractivity (Wildman–Crippen MR) is 70.0 cm³/mol. The average Bonchev–Trinajstić information content (AvgIpc) is 2.88. The fourth-order valence-corrected chi connectivity index (χ4v) is 1.66. The summed E-state index contributed by atoms with van der Waals surface area (Å²) in [4.78, 5) is 23.7. The summed E-state index contributed by atoms with van der Waals surface area (Å²) in [5.74, 6) is -0.683. The largest absolute Gasteiger partial charge is 0.358 e. The number of nitrogens with zero attached hydrogens (tertiary/aromatic N) is 3. The second kappa shape index (κ2) is 7.47. The predicted octanol–water partition coefficient (Wildman–Crippen LogP) is 0.780. The molecule has 0 aliphatic carbocycles. The van der Waals surface area contributed by atoms with E-state index in [4.69, 9.17) is 0 Å². The molecule has 19 heavy (non-hydrogen) atoms. The molecule has 8 nitrogen and oxygen atoms in total. The Morgan fingerprint density at radius 3 is 2.74 bits per heavy atom. The van der Waals surface area contributed by atoms with E-state index in [-0.39, 0.29) is 11.5 Å². The number of hydrogen-bond acceptors (Lipinski definition) is 5. The van der Waals surface area contributed by atoms with Crippen LogP contribution in [-0.2, 0) is 0 Å². The molecule has 0 spiro atoms. The highest BCUT2D eigenvalue weighted by atomic mass is 16.6. The van der Waals surface area contributed by atoms with Crippen molar-refractivity contribution in [1.82, 2.24) is 20.4 Å². The van der Waals surface area contributed by atoms with Crippen LogP contribution in [0, 0.1) is 10.1 Å². The number of hydrogen-bond donors (Lipinski definition) is 2. The quantitative estimate of drug-likeness (QED) is 0.412. The Morgan fingerprint density at radius 2 is 2.21 bits per heavy atom. The third-order valence-electron chi connectivity index (χ3n) is 2.82. The Kier molecular flexibility index (Phi) is 5.94. The lowest BCUT2D eigenvalue weighted by atomic mass is 10.3. The summed E-state index contributed by atoms with van der Waals surface area (Å²) < 4.78 is 0. The van der Waals surface area contributed by atoms with Crippen molar-refractivity contribution in [2.75, 3.05) is 26.2 Å². The molecule has 1 rings (SSSR count). The lowest BCUT2D eigenvalue weighted by Crippen LogP contribution is -2.30. The summed E-state index contributed by atoms with van der Waals surface area (Å²) in [7, 11) is 0. The van der Waals surface area contributed by atoms with Gasteiger partial charge in [0.15, 0.2) is 5.69 Å². The second-order valence-corrected chi connectivity index (χ2v) is 4.03. The summed E-state index contributed by atoms with van der Waals surface area (Å²) >= 11 is 0. The highest BCUT2D eigenvalue weighted by Crippen LogP contribution is 2.07. The van der Waals surface area contributed by atoms with Gasteiger partial charge in [0.25, 0.3) is 5.91 Å². The van der Waals surface area contributed by atoms with Gasteiger partial charge in [-0.2, -0.15) is 0 Å². The lowest BCUT2D eigenvalue weighted by Gasteiger charge is -2.17. The summed E-state index contributed by atoms with van der Waals surface area (Å²) in [6.07, 6.45) is 0.833. The van der Waals surface area contributed by atoms with Crippen LogP contribution in [0.3, 0.4) is 0 Å². The monoisotopic (exact) mass is 269 g/mol. The fourth-order valence-electron chi connectivity index (χ4n) is 1.66. The molecular formula is C11H19N5O3. The molecule has 0 aromatic carbocycles. The number of carbonyl (C=O) groups excluding carboxylic acids is 1. The Labute approximate surface area is 111 Å². The van der Waals surface area contributed by atoms with Gasteiger partial charge in [0.05, 0.1) is 6.07 Å². The van der Waals surface area contributed by atoms with Gasteiger partial charge in [0.2, 0.25) is 0 Å². The molecule has 0 saturated heterocycles. The van der Waals surface area contributed by atoms with Gasteiger partial charge in [-0.15, -0.1) is 5.10 Å². The van der Waals surface area contributed by atoms with Gasteiger partial charge >= 0.3 is 5.82 Å². The summed E-state index contributed by atoms with van der Waals surface area (Å²) in [5.41, 5.74) is 0.0366. The van der Waals surface area contributed by atoms with Crippen molar-refractivity contribution in [3.8, 4) is 0 Å². The molecule has 0 aliphatic rings. The number of rotatable bonds is 8. The van der Waals surface area contributed by atoms with Crippen molar-refractivity contribution in [1.29, 1.82) is 0 Å². The van der Waals surface area contributed by atoms with Gasteiger partial charge in [-0.3, -0.25) is 4.79 Å². The Balaban J connectivity index is 2.33. The minimum Gasteiger partial charge on any atom is -0.358 e. The van der Waals surface area contributed by atoms with E-state index in [1.807, 2.05) is 0 Å². The maximum atomic E-state index is 11.6. The van der Waals surface area contributed by atoms with Crippen LogP contribution in [0.2, 0.25) is 0 Å². The molecule has 2 N–H and O–H groups in total. The Hall–Kier alpha value is -1.96. The van der Waals surface area contributed by atoms with Crippen LogP contribution in [0.1, 0.15) is 30.8 Å². The average molecular weight is 269 g/mol. The van der Waals surface area contributed by atoms with Gasteiger partial charge < -0.3 is 20.3 Å². The third-order valence-corrected chi connectivity index (χ3v) is 2.82. The fraction of sp³-hybridized carbons (Fsp3) is 0.636. The first-order valence-electron chi connectivity index (χ1n) is 6.28. The number of carbonyl (C=O) groups is 1. The number of nitro groups is 1. The van der Waals surface area contributed by atoms with Crippen molar-refractivity contribution in [3.63, 3.8) is 0 Å². The van der Waals surface area contributed by atoms with Crippen molar-refractivity contribution in [2.45, 2.75) is 20.3 Å². The maximum Gasteiger partial charge on any atom is 0.343 e. The molecule has 0 atom stereocenters.